The first kappa shape index (κ1) is 20.8. The highest BCUT2D eigenvalue weighted by Crippen LogP contribution is 2.35. The van der Waals surface area contributed by atoms with Gasteiger partial charge in [0, 0.05) is 17.0 Å². The van der Waals surface area contributed by atoms with Crippen LogP contribution in [0, 0.1) is 5.92 Å². The molecular formula is C23H27ClN2O4. The Kier molecular flexibility index (Phi) is 6.65. The molecule has 1 N–H and O–H groups in total. The second kappa shape index (κ2) is 9.58. The van der Waals surface area contributed by atoms with E-state index in [1.807, 2.05) is 42.5 Å². The number of likely N-dealkylation sites (tertiary alicyclic amines) is 1. The highest BCUT2D eigenvalue weighted by molar-refractivity contribution is 6.30. The quantitative estimate of drug-likeness (QED) is 0.759. The summed E-state index contributed by atoms with van der Waals surface area (Å²) in [4.78, 5) is 14.7. The number of carbonyl (C=O) groups is 1. The van der Waals surface area contributed by atoms with Gasteiger partial charge in [0.05, 0.1) is 6.54 Å². The topological polar surface area (TPSA) is 60.0 Å². The second-order valence-electron chi connectivity index (χ2n) is 7.90. The van der Waals surface area contributed by atoms with E-state index in [0.29, 0.717) is 42.0 Å². The fourth-order valence-electron chi connectivity index (χ4n) is 3.71. The van der Waals surface area contributed by atoms with Crippen LogP contribution in [-0.4, -0.2) is 50.2 Å². The molecule has 30 heavy (non-hydrogen) atoms. The van der Waals surface area contributed by atoms with Crippen LogP contribution in [0.3, 0.4) is 0 Å². The van der Waals surface area contributed by atoms with Gasteiger partial charge in [-0.3, -0.25) is 4.79 Å². The van der Waals surface area contributed by atoms with E-state index in [1.165, 1.54) is 0 Å². The first-order valence-electron chi connectivity index (χ1n) is 10.3. The molecule has 2 heterocycles. The molecule has 2 aromatic rings. The van der Waals surface area contributed by atoms with E-state index in [0.717, 1.165) is 31.5 Å². The maximum Gasteiger partial charge on any atom is 0.223 e. The SMILES string of the molecule is CN1CCC(C(=O)NC[C@@H]2COc3ccc(OCc4cccc(Cl)c4)cc3O2)CC1. The predicted molar refractivity (Wildman–Crippen MR) is 115 cm³/mol. The molecule has 6 nitrogen and oxygen atoms in total. The van der Waals surface area contributed by atoms with Crippen molar-refractivity contribution in [2.24, 2.45) is 5.92 Å². The van der Waals surface area contributed by atoms with Crippen molar-refractivity contribution in [1.29, 1.82) is 0 Å². The summed E-state index contributed by atoms with van der Waals surface area (Å²) < 4.78 is 17.7. The number of nitrogens with one attached hydrogen (secondary N) is 1. The third kappa shape index (κ3) is 5.37. The number of benzene rings is 2. The molecule has 0 saturated carbocycles. The number of ether oxygens (including phenoxy) is 3. The first-order valence-corrected chi connectivity index (χ1v) is 10.7. The van der Waals surface area contributed by atoms with E-state index in [1.54, 1.807) is 0 Å². The lowest BCUT2D eigenvalue weighted by atomic mass is 9.96. The lowest BCUT2D eigenvalue weighted by molar-refractivity contribution is -0.126. The van der Waals surface area contributed by atoms with Gasteiger partial charge in [0.15, 0.2) is 11.5 Å². The van der Waals surface area contributed by atoms with E-state index < -0.39 is 0 Å². The molecule has 2 aromatic carbocycles. The molecular weight excluding hydrogens is 404 g/mol. The summed E-state index contributed by atoms with van der Waals surface area (Å²) in [6.45, 7) is 3.18. The summed E-state index contributed by atoms with van der Waals surface area (Å²) in [7, 11) is 2.09. The molecule has 1 amide bonds. The lowest BCUT2D eigenvalue weighted by Crippen LogP contribution is -2.44. The van der Waals surface area contributed by atoms with Crippen molar-refractivity contribution in [2.45, 2.75) is 25.6 Å². The van der Waals surface area contributed by atoms with Crippen molar-refractivity contribution in [3.63, 3.8) is 0 Å². The average molecular weight is 431 g/mol. The van der Waals surface area contributed by atoms with Crippen molar-refractivity contribution < 1.29 is 19.0 Å². The second-order valence-corrected chi connectivity index (χ2v) is 8.34. The van der Waals surface area contributed by atoms with Crippen LogP contribution in [0.25, 0.3) is 0 Å². The summed E-state index contributed by atoms with van der Waals surface area (Å²) in [6.07, 6.45) is 1.58. The third-order valence-electron chi connectivity index (χ3n) is 5.52. The highest BCUT2D eigenvalue weighted by atomic mass is 35.5. The molecule has 0 radical (unpaired) electrons. The molecule has 0 unspecified atom stereocenters. The van der Waals surface area contributed by atoms with Crippen molar-refractivity contribution >= 4 is 17.5 Å². The van der Waals surface area contributed by atoms with Crippen LogP contribution in [0.4, 0.5) is 0 Å². The Morgan fingerprint density at radius 1 is 1.20 bits per heavy atom. The molecule has 2 aliphatic rings. The minimum absolute atomic E-state index is 0.0875. The first-order chi connectivity index (χ1) is 14.6. The van der Waals surface area contributed by atoms with Crippen molar-refractivity contribution in [3.05, 3.63) is 53.1 Å². The van der Waals surface area contributed by atoms with Gasteiger partial charge in [0.1, 0.15) is 25.1 Å². The van der Waals surface area contributed by atoms with E-state index in [9.17, 15) is 4.79 Å². The normalized spacial score (nSPS) is 19.3. The number of carbonyl (C=O) groups excluding carboxylic acids is 1. The summed E-state index contributed by atoms with van der Waals surface area (Å²) in [6, 6.07) is 13.1. The minimum atomic E-state index is -0.226. The fraction of sp³-hybridized carbons (Fsp3) is 0.435. The molecule has 1 fully saturated rings. The van der Waals surface area contributed by atoms with Gasteiger partial charge >= 0.3 is 0 Å². The van der Waals surface area contributed by atoms with E-state index >= 15 is 0 Å². The Morgan fingerprint density at radius 2 is 2.03 bits per heavy atom. The number of hydrogen-bond donors (Lipinski definition) is 1. The van der Waals surface area contributed by atoms with Gasteiger partial charge in [0.25, 0.3) is 0 Å². The Morgan fingerprint density at radius 3 is 2.83 bits per heavy atom. The molecule has 0 aromatic heterocycles. The van der Waals surface area contributed by atoms with Crippen LogP contribution in [0.15, 0.2) is 42.5 Å². The van der Waals surface area contributed by atoms with E-state index in [-0.39, 0.29) is 17.9 Å². The molecule has 0 spiro atoms. The van der Waals surface area contributed by atoms with Gasteiger partial charge < -0.3 is 24.4 Å². The Labute approximate surface area is 182 Å². The Hall–Kier alpha value is -2.44. The maximum atomic E-state index is 12.4. The molecule has 1 saturated heterocycles. The van der Waals surface area contributed by atoms with Gasteiger partial charge in [0.2, 0.25) is 5.91 Å². The zero-order valence-corrected chi connectivity index (χ0v) is 17.9. The fourth-order valence-corrected chi connectivity index (χ4v) is 3.92. The van der Waals surface area contributed by atoms with Crippen LogP contribution in [0.1, 0.15) is 18.4 Å². The molecule has 0 aliphatic carbocycles. The van der Waals surface area contributed by atoms with Gasteiger partial charge in [-0.1, -0.05) is 23.7 Å². The molecule has 160 valence electrons. The monoisotopic (exact) mass is 430 g/mol. The van der Waals surface area contributed by atoms with Gasteiger partial charge in [-0.15, -0.1) is 0 Å². The summed E-state index contributed by atoms with van der Waals surface area (Å²) in [5, 5.41) is 3.71. The average Bonchev–Trinajstić information content (AvgIpc) is 2.76. The van der Waals surface area contributed by atoms with Crippen molar-refractivity contribution in [2.75, 3.05) is 33.3 Å². The highest BCUT2D eigenvalue weighted by Gasteiger charge is 2.26. The largest absolute Gasteiger partial charge is 0.489 e. The van der Waals surface area contributed by atoms with Crippen molar-refractivity contribution in [3.8, 4) is 17.2 Å². The zero-order valence-electron chi connectivity index (χ0n) is 17.1. The van der Waals surface area contributed by atoms with E-state index in [2.05, 4.69) is 17.3 Å². The summed E-state index contributed by atoms with van der Waals surface area (Å²) >= 11 is 6.02. The minimum Gasteiger partial charge on any atom is -0.489 e. The number of nitrogens with zero attached hydrogens (tertiary/aromatic N) is 1. The predicted octanol–water partition coefficient (Wildman–Crippen LogP) is 3.52. The maximum absolute atomic E-state index is 12.4. The van der Waals surface area contributed by atoms with Gasteiger partial charge in [-0.05, 0) is 62.8 Å². The van der Waals surface area contributed by atoms with Crippen LogP contribution in [0.5, 0.6) is 17.2 Å². The molecule has 7 heteroatoms. The lowest BCUT2D eigenvalue weighted by Gasteiger charge is -2.30. The van der Waals surface area contributed by atoms with Gasteiger partial charge in [-0.2, -0.15) is 0 Å². The number of piperidine rings is 1. The molecule has 2 aliphatic heterocycles. The van der Waals surface area contributed by atoms with Crippen LogP contribution < -0.4 is 19.5 Å². The third-order valence-corrected chi connectivity index (χ3v) is 5.76. The summed E-state index contributed by atoms with van der Waals surface area (Å²) in [5.41, 5.74) is 0.992. The molecule has 1 atom stereocenters. The van der Waals surface area contributed by atoms with Crippen LogP contribution >= 0.6 is 11.6 Å². The summed E-state index contributed by atoms with van der Waals surface area (Å²) in [5.74, 6) is 2.19. The number of halogens is 1. The van der Waals surface area contributed by atoms with Gasteiger partial charge in [-0.25, -0.2) is 0 Å². The zero-order chi connectivity index (χ0) is 20.9. The number of fused-ring (bicyclic) bond motifs is 1. The number of hydrogen-bond acceptors (Lipinski definition) is 5. The number of amides is 1. The smallest absolute Gasteiger partial charge is 0.223 e. The van der Waals surface area contributed by atoms with Crippen LogP contribution in [-0.2, 0) is 11.4 Å². The van der Waals surface area contributed by atoms with Crippen LogP contribution in [0.2, 0.25) is 5.02 Å². The molecule has 0 bridgehead atoms. The molecule has 4 rings (SSSR count). The Bertz CT molecular complexity index is 883. The standard InChI is InChI=1S/C23H27ClN2O4/c1-26-9-7-17(8-10-26)23(27)25-13-20-15-29-21-6-5-19(12-22(21)30-20)28-14-16-3-2-4-18(24)11-16/h2-6,11-12,17,20H,7-10,13-15H2,1H3,(H,25,27)/t20-/m1/s1. The van der Waals surface area contributed by atoms with E-state index in [4.69, 9.17) is 25.8 Å². The Balaban J connectivity index is 1.29. The van der Waals surface area contributed by atoms with Crippen molar-refractivity contribution in [1.82, 2.24) is 10.2 Å². The number of rotatable bonds is 6.